The first kappa shape index (κ1) is 9.44. The Kier molecular flexibility index (Phi) is 2.86. The van der Waals surface area contributed by atoms with E-state index in [-0.39, 0.29) is 5.54 Å². The van der Waals surface area contributed by atoms with E-state index in [2.05, 4.69) is 5.32 Å². The predicted molar refractivity (Wildman–Crippen MR) is 52.6 cm³/mol. The fourth-order valence-electron chi connectivity index (χ4n) is 1.91. The molecule has 0 aromatic heterocycles. The first-order chi connectivity index (χ1) is 6.29. The van der Waals surface area contributed by atoms with Gasteiger partial charge in [0.25, 0.3) is 0 Å². The first-order valence-corrected chi connectivity index (χ1v) is 5.39. The van der Waals surface area contributed by atoms with E-state index in [4.69, 9.17) is 10.5 Å². The Morgan fingerprint density at radius 3 is 2.54 bits per heavy atom. The third-order valence-electron chi connectivity index (χ3n) is 3.34. The molecule has 1 saturated carbocycles. The summed E-state index contributed by atoms with van der Waals surface area (Å²) in [5.41, 5.74) is 6.25. The van der Waals surface area contributed by atoms with Gasteiger partial charge in [-0.3, -0.25) is 0 Å². The Balaban J connectivity index is 1.71. The van der Waals surface area contributed by atoms with Crippen LogP contribution in [0.5, 0.6) is 0 Å². The smallest absolute Gasteiger partial charge is 0.0484 e. The van der Waals surface area contributed by atoms with Gasteiger partial charge in [0.2, 0.25) is 0 Å². The predicted octanol–water partition coefficient (Wildman–Crippen LogP) is 0.636. The van der Waals surface area contributed by atoms with Crippen molar-refractivity contribution in [3.8, 4) is 0 Å². The summed E-state index contributed by atoms with van der Waals surface area (Å²) in [4.78, 5) is 0. The lowest BCUT2D eigenvalue weighted by Crippen LogP contribution is -2.55. The Hall–Kier alpha value is -0.120. The van der Waals surface area contributed by atoms with Crippen LogP contribution in [0.3, 0.4) is 0 Å². The zero-order valence-corrected chi connectivity index (χ0v) is 8.22. The zero-order chi connectivity index (χ0) is 9.15. The highest BCUT2D eigenvalue weighted by molar-refractivity contribution is 4.90. The van der Waals surface area contributed by atoms with Crippen molar-refractivity contribution >= 4 is 0 Å². The van der Waals surface area contributed by atoms with Crippen molar-refractivity contribution in [2.24, 2.45) is 5.73 Å². The SMILES string of the molecule is NC1(CNC2CCC2)CCOCC1. The van der Waals surface area contributed by atoms with E-state index in [0.29, 0.717) is 0 Å². The largest absolute Gasteiger partial charge is 0.381 e. The molecule has 0 aromatic carbocycles. The van der Waals surface area contributed by atoms with Gasteiger partial charge < -0.3 is 15.8 Å². The van der Waals surface area contributed by atoms with Gasteiger partial charge in [0, 0.05) is 31.3 Å². The summed E-state index contributed by atoms with van der Waals surface area (Å²) in [5.74, 6) is 0. The van der Waals surface area contributed by atoms with Crippen molar-refractivity contribution in [1.29, 1.82) is 0 Å². The van der Waals surface area contributed by atoms with E-state index < -0.39 is 0 Å². The number of ether oxygens (including phenoxy) is 1. The summed E-state index contributed by atoms with van der Waals surface area (Å²) in [6.45, 7) is 2.65. The summed E-state index contributed by atoms with van der Waals surface area (Å²) in [6, 6.07) is 0.753. The molecular weight excluding hydrogens is 164 g/mol. The molecule has 13 heavy (non-hydrogen) atoms. The van der Waals surface area contributed by atoms with Crippen molar-refractivity contribution in [3.05, 3.63) is 0 Å². The average Bonchev–Trinajstić information content (AvgIpc) is 2.02. The van der Waals surface area contributed by atoms with Crippen LogP contribution >= 0.6 is 0 Å². The highest BCUT2D eigenvalue weighted by atomic mass is 16.5. The molecule has 0 amide bonds. The topological polar surface area (TPSA) is 47.3 Å². The fourth-order valence-corrected chi connectivity index (χ4v) is 1.91. The van der Waals surface area contributed by atoms with E-state index in [0.717, 1.165) is 38.6 Å². The van der Waals surface area contributed by atoms with Crippen LogP contribution in [0.2, 0.25) is 0 Å². The molecule has 2 aliphatic rings. The third kappa shape index (κ3) is 2.42. The lowest BCUT2D eigenvalue weighted by atomic mass is 9.88. The van der Waals surface area contributed by atoms with Crippen LogP contribution in [0.1, 0.15) is 32.1 Å². The number of nitrogens with one attached hydrogen (secondary N) is 1. The van der Waals surface area contributed by atoms with Crippen LogP contribution in [0.25, 0.3) is 0 Å². The Morgan fingerprint density at radius 2 is 2.00 bits per heavy atom. The molecule has 1 aliphatic carbocycles. The summed E-state index contributed by atoms with van der Waals surface area (Å²) in [6.07, 6.45) is 6.08. The molecule has 1 saturated heterocycles. The van der Waals surface area contributed by atoms with Gasteiger partial charge in [-0.05, 0) is 25.7 Å². The number of hydrogen-bond donors (Lipinski definition) is 2. The molecule has 3 N–H and O–H groups in total. The Bertz CT molecular complexity index is 162. The van der Waals surface area contributed by atoms with E-state index in [1.807, 2.05) is 0 Å². The maximum absolute atomic E-state index is 6.24. The quantitative estimate of drug-likeness (QED) is 0.676. The fraction of sp³-hybridized carbons (Fsp3) is 1.00. The van der Waals surface area contributed by atoms with Crippen LogP contribution < -0.4 is 11.1 Å². The molecule has 0 bridgehead atoms. The molecule has 1 heterocycles. The molecular formula is C10H20N2O. The molecule has 76 valence electrons. The average molecular weight is 184 g/mol. The second-order valence-corrected chi connectivity index (χ2v) is 4.48. The van der Waals surface area contributed by atoms with Crippen molar-refractivity contribution in [3.63, 3.8) is 0 Å². The van der Waals surface area contributed by atoms with E-state index in [1.165, 1.54) is 19.3 Å². The van der Waals surface area contributed by atoms with E-state index in [1.54, 1.807) is 0 Å². The highest BCUT2D eigenvalue weighted by Crippen LogP contribution is 2.21. The standard InChI is InChI=1S/C10H20N2O/c11-10(4-6-13-7-5-10)8-12-9-2-1-3-9/h9,12H,1-8,11H2. The summed E-state index contributed by atoms with van der Waals surface area (Å²) < 4.78 is 5.30. The molecule has 3 nitrogen and oxygen atoms in total. The van der Waals surface area contributed by atoms with Crippen LogP contribution in [0, 0.1) is 0 Å². The van der Waals surface area contributed by atoms with Crippen molar-refractivity contribution in [2.75, 3.05) is 19.8 Å². The Morgan fingerprint density at radius 1 is 1.31 bits per heavy atom. The molecule has 0 spiro atoms. The molecule has 0 unspecified atom stereocenters. The monoisotopic (exact) mass is 184 g/mol. The van der Waals surface area contributed by atoms with Gasteiger partial charge in [-0.15, -0.1) is 0 Å². The normalized spacial score (nSPS) is 28.4. The molecule has 3 heteroatoms. The van der Waals surface area contributed by atoms with E-state index in [9.17, 15) is 0 Å². The highest BCUT2D eigenvalue weighted by Gasteiger charge is 2.29. The number of hydrogen-bond acceptors (Lipinski definition) is 3. The van der Waals surface area contributed by atoms with Crippen LogP contribution in [0.15, 0.2) is 0 Å². The number of nitrogens with two attached hydrogens (primary N) is 1. The molecule has 0 atom stereocenters. The molecule has 2 rings (SSSR count). The minimum absolute atomic E-state index is 0.00778. The molecule has 0 radical (unpaired) electrons. The van der Waals surface area contributed by atoms with Gasteiger partial charge in [-0.1, -0.05) is 6.42 Å². The van der Waals surface area contributed by atoms with Gasteiger partial charge in [0.1, 0.15) is 0 Å². The van der Waals surface area contributed by atoms with Crippen LogP contribution in [-0.2, 0) is 4.74 Å². The van der Waals surface area contributed by atoms with Gasteiger partial charge in [0.15, 0.2) is 0 Å². The second kappa shape index (κ2) is 3.95. The molecule has 2 fully saturated rings. The van der Waals surface area contributed by atoms with Gasteiger partial charge >= 0.3 is 0 Å². The lowest BCUT2D eigenvalue weighted by molar-refractivity contribution is 0.0510. The maximum atomic E-state index is 6.24. The van der Waals surface area contributed by atoms with Gasteiger partial charge in [0.05, 0.1) is 0 Å². The third-order valence-corrected chi connectivity index (χ3v) is 3.34. The lowest BCUT2D eigenvalue weighted by Gasteiger charge is -2.37. The van der Waals surface area contributed by atoms with Crippen LogP contribution in [0.4, 0.5) is 0 Å². The van der Waals surface area contributed by atoms with Crippen molar-refractivity contribution < 1.29 is 4.74 Å². The first-order valence-electron chi connectivity index (χ1n) is 5.39. The van der Waals surface area contributed by atoms with Gasteiger partial charge in [-0.2, -0.15) is 0 Å². The van der Waals surface area contributed by atoms with Gasteiger partial charge in [-0.25, -0.2) is 0 Å². The summed E-state index contributed by atoms with van der Waals surface area (Å²) >= 11 is 0. The Labute approximate surface area is 80.0 Å². The minimum atomic E-state index is 0.00778. The zero-order valence-electron chi connectivity index (χ0n) is 8.22. The van der Waals surface area contributed by atoms with Crippen molar-refractivity contribution in [1.82, 2.24) is 5.32 Å². The minimum Gasteiger partial charge on any atom is -0.381 e. The number of rotatable bonds is 3. The van der Waals surface area contributed by atoms with Crippen LogP contribution in [-0.4, -0.2) is 31.3 Å². The second-order valence-electron chi connectivity index (χ2n) is 4.48. The molecule has 1 aliphatic heterocycles. The summed E-state index contributed by atoms with van der Waals surface area (Å²) in [7, 11) is 0. The molecule has 0 aromatic rings. The van der Waals surface area contributed by atoms with E-state index >= 15 is 0 Å². The van der Waals surface area contributed by atoms with Crippen molar-refractivity contribution in [2.45, 2.75) is 43.7 Å². The maximum Gasteiger partial charge on any atom is 0.0484 e. The summed E-state index contributed by atoms with van der Waals surface area (Å²) in [5, 5.41) is 3.55.